The zero-order valence-electron chi connectivity index (χ0n) is 44.4. The van der Waals surface area contributed by atoms with Gasteiger partial charge in [0.1, 0.15) is 0 Å². The Kier molecular flexibility index (Phi) is 41.8. The molecule has 0 aliphatic rings. The van der Waals surface area contributed by atoms with E-state index >= 15 is 0 Å². The van der Waals surface area contributed by atoms with Gasteiger partial charge in [0.2, 0.25) is 5.60 Å². The Balaban J connectivity index is 5.62. The predicted octanol–water partition coefficient (Wildman–Crippen LogP) is 11.2. The van der Waals surface area contributed by atoms with Crippen LogP contribution in [0.4, 0.5) is 0 Å². The second-order valence-electron chi connectivity index (χ2n) is 19.6. The second kappa shape index (κ2) is 44.2. The molecule has 0 saturated carbocycles. The molecule has 0 N–H and O–H groups in total. The van der Waals surface area contributed by atoms with Crippen LogP contribution in [-0.2, 0) is 66.7 Å². The summed E-state index contributed by atoms with van der Waals surface area (Å²) in [6.45, 7) is 8.00. The number of nitrogens with zero attached hydrogens (tertiary/aromatic N) is 1. The monoisotopic (exact) mass is 985 g/mol. The smallest absolute Gasteiger partial charge is 0.351 e. The third kappa shape index (κ3) is 41.7. The molecule has 0 aliphatic heterocycles. The van der Waals surface area contributed by atoms with Crippen LogP contribution in [0.3, 0.4) is 0 Å². The maximum Gasteiger partial charge on any atom is 0.351 e. The number of carbonyl (C=O) groups excluding carboxylic acids is 7. The van der Waals surface area contributed by atoms with Gasteiger partial charge in [-0.2, -0.15) is 0 Å². The molecule has 0 bridgehead atoms. The van der Waals surface area contributed by atoms with E-state index in [1.54, 1.807) is 0 Å². The summed E-state index contributed by atoms with van der Waals surface area (Å²) in [4.78, 5) is 90.7. The second-order valence-corrected chi connectivity index (χ2v) is 19.6. The van der Waals surface area contributed by atoms with Crippen LogP contribution in [0.25, 0.3) is 0 Å². The summed E-state index contributed by atoms with van der Waals surface area (Å²) in [6.07, 6.45) is 22.1. The van der Waals surface area contributed by atoms with Crippen molar-refractivity contribution in [2.24, 2.45) is 0 Å². The summed E-state index contributed by atoms with van der Waals surface area (Å²) >= 11 is 0. The van der Waals surface area contributed by atoms with Crippen molar-refractivity contribution in [3.05, 3.63) is 0 Å². The summed E-state index contributed by atoms with van der Waals surface area (Å²) in [5.41, 5.74) is -2.34. The standard InChI is InChI=1S/C54H98NO14/c1-7-10-13-16-23-34-47(56)63-39-28-20-31-42-66-51(60)45-54(69-50(59)37-26-19-27-38-55(4,5)6,53(62)68-44-33-22-30-41-65-49(58)36-25-18-15-12-9-3)46-52(61)67-43-32-21-29-40-64-48(57)35-24-17-14-11-8-2/h7-46H2,1-6H3/q+1. The molecule has 15 nitrogen and oxygen atoms in total. The zero-order chi connectivity index (χ0) is 51.3. The minimum atomic E-state index is -2.34. The predicted molar refractivity (Wildman–Crippen MR) is 267 cm³/mol. The van der Waals surface area contributed by atoms with Crippen LogP contribution in [0, 0.1) is 0 Å². The minimum Gasteiger partial charge on any atom is -0.466 e. The van der Waals surface area contributed by atoms with Gasteiger partial charge in [-0.05, 0) is 96.3 Å². The molecule has 402 valence electrons. The summed E-state index contributed by atoms with van der Waals surface area (Å²) in [5.74, 6) is -4.18. The van der Waals surface area contributed by atoms with E-state index in [-0.39, 0.29) is 64.0 Å². The molecule has 0 rings (SSSR count). The molecule has 15 heteroatoms. The first-order chi connectivity index (χ1) is 33.2. The van der Waals surface area contributed by atoms with E-state index < -0.39 is 42.3 Å². The Bertz CT molecular complexity index is 1310. The first-order valence-corrected chi connectivity index (χ1v) is 27.2. The molecule has 0 aliphatic carbocycles. The van der Waals surface area contributed by atoms with Gasteiger partial charge in [-0.3, -0.25) is 28.8 Å². The van der Waals surface area contributed by atoms with Gasteiger partial charge in [0.05, 0.1) is 80.2 Å². The number of rotatable bonds is 48. The molecule has 0 spiro atoms. The molecule has 0 aromatic heterocycles. The van der Waals surface area contributed by atoms with Crippen LogP contribution in [0.15, 0.2) is 0 Å². The number of carbonyl (C=O) groups is 7. The highest BCUT2D eigenvalue weighted by molar-refractivity contribution is 5.92. The van der Waals surface area contributed by atoms with Crippen LogP contribution >= 0.6 is 0 Å². The summed E-state index contributed by atoms with van der Waals surface area (Å²) in [6, 6.07) is 0. The number of hydrogen-bond acceptors (Lipinski definition) is 14. The highest BCUT2D eigenvalue weighted by atomic mass is 16.6. The van der Waals surface area contributed by atoms with Gasteiger partial charge < -0.3 is 37.6 Å². The fraction of sp³-hybridized carbons (Fsp3) is 0.870. The normalized spacial score (nSPS) is 11.4. The molecular formula is C54H98NO14+. The van der Waals surface area contributed by atoms with Crippen molar-refractivity contribution >= 4 is 41.8 Å². The van der Waals surface area contributed by atoms with Gasteiger partial charge in [-0.1, -0.05) is 97.8 Å². The molecule has 0 radical (unpaired) electrons. The van der Waals surface area contributed by atoms with Crippen molar-refractivity contribution in [1.82, 2.24) is 0 Å². The van der Waals surface area contributed by atoms with Gasteiger partial charge in [0.25, 0.3) is 0 Å². The average molecular weight is 985 g/mol. The SMILES string of the molecule is CCCCCCCC(=O)OCCCCCOC(=O)CC(CC(=O)OCCCCCOC(=O)CCCCCCC)(OC(=O)CCCCC[N+](C)(C)C)C(=O)OCCCCCOC(=O)CCCCCCC. The molecule has 0 aromatic carbocycles. The quantitative estimate of drug-likeness (QED) is 0.0243. The fourth-order valence-corrected chi connectivity index (χ4v) is 7.39. The first-order valence-electron chi connectivity index (χ1n) is 27.2. The highest BCUT2D eigenvalue weighted by Gasteiger charge is 2.49. The van der Waals surface area contributed by atoms with Crippen LogP contribution in [0.2, 0.25) is 0 Å². The number of ether oxygens (including phenoxy) is 7. The zero-order valence-corrected chi connectivity index (χ0v) is 44.4. The Morgan fingerprint density at radius 3 is 0.928 bits per heavy atom. The average Bonchev–Trinajstić information content (AvgIpc) is 3.29. The van der Waals surface area contributed by atoms with Gasteiger partial charge in [-0.25, -0.2) is 4.79 Å². The fourth-order valence-electron chi connectivity index (χ4n) is 7.39. The lowest BCUT2D eigenvalue weighted by atomic mass is 9.94. The lowest BCUT2D eigenvalue weighted by molar-refractivity contribution is -0.870. The third-order valence-electron chi connectivity index (χ3n) is 11.6. The molecule has 0 saturated heterocycles. The third-order valence-corrected chi connectivity index (χ3v) is 11.6. The molecule has 0 heterocycles. The van der Waals surface area contributed by atoms with Crippen molar-refractivity contribution in [2.75, 3.05) is 67.3 Å². The molecule has 0 fully saturated rings. The molecule has 0 unspecified atom stereocenters. The van der Waals surface area contributed by atoms with E-state index in [9.17, 15) is 33.6 Å². The van der Waals surface area contributed by atoms with Gasteiger partial charge in [-0.15, -0.1) is 0 Å². The first kappa shape index (κ1) is 65.2. The molecular weight excluding hydrogens is 887 g/mol. The van der Waals surface area contributed by atoms with Crippen LogP contribution < -0.4 is 0 Å². The van der Waals surface area contributed by atoms with Crippen molar-refractivity contribution < 1.29 is 71.2 Å². The number of hydrogen-bond donors (Lipinski definition) is 0. The topological polar surface area (TPSA) is 184 Å². The minimum absolute atomic E-state index is 0.00227. The van der Waals surface area contributed by atoms with E-state index in [1.165, 1.54) is 0 Å². The highest BCUT2D eigenvalue weighted by Crippen LogP contribution is 2.27. The van der Waals surface area contributed by atoms with E-state index in [1.807, 2.05) is 0 Å². The lowest BCUT2D eigenvalue weighted by Gasteiger charge is -2.30. The van der Waals surface area contributed by atoms with Crippen LogP contribution in [-0.4, -0.2) is 119 Å². The maximum absolute atomic E-state index is 14.1. The van der Waals surface area contributed by atoms with E-state index in [4.69, 9.17) is 33.2 Å². The summed E-state index contributed by atoms with van der Waals surface area (Å²) < 4.78 is 39.3. The Labute approximate surface area is 417 Å². The Morgan fingerprint density at radius 1 is 0.319 bits per heavy atom. The van der Waals surface area contributed by atoms with Crippen molar-refractivity contribution in [3.8, 4) is 0 Å². The van der Waals surface area contributed by atoms with E-state index in [0.29, 0.717) is 83.5 Å². The number of unbranched alkanes of at least 4 members (excludes halogenated alkanes) is 20. The van der Waals surface area contributed by atoms with E-state index in [2.05, 4.69) is 41.9 Å². The lowest BCUT2D eigenvalue weighted by Crippen LogP contribution is -2.48. The van der Waals surface area contributed by atoms with Gasteiger partial charge in [0.15, 0.2) is 0 Å². The van der Waals surface area contributed by atoms with Crippen molar-refractivity contribution in [3.63, 3.8) is 0 Å². The largest absolute Gasteiger partial charge is 0.466 e. The maximum atomic E-state index is 14.1. The molecule has 69 heavy (non-hydrogen) atoms. The van der Waals surface area contributed by atoms with E-state index in [0.717, 1.165) is 120 Å². The van der Waals surface area contributed by atoms with Gasteiger partial charge >= 0.3 is 41.8 Å². The van der Waals surface area contributed by atoms with Crippen molar-refractivity contribution in [1.29, 1.82) is 0 Å². The number of esters is 7. The van der Waals surface area contributed by atoms with Gasteiger partial charge in [0, 0.05) is 25.7 Å². The Hall–Kier alpha value is -3.75. The van der Waals surface area contributed by atoms with Crippen molar-refractivity contribution in [2.45, 2.75) is 238 Å². The number of quaternary nitrogens is 1. The summed E-state index contributed by atoms with van der Waals surface area (Å²) in [7, 11) is 6.25. The molecule has 0 amide bonds. The molecule has 0 atom stereocenters. The Morgan fingerprint density at radius 2 is 0.594 bits per heavy atom. The van der Waals surface area contributed by atoms with Crippen LogP contribution in [0.5, 0.6) is 0 Å². The summed E-state index contributed by atoms with van der Waals surface area (Å²) in [5, 5.41) is 0. The molecule has 0 aromatic rings. The van der Waals surface area contributed by atoms with Crippen LogP contribution in [0.1, 0.15) is 233 Å².